The first-order valence-electron chi connectivity index (χ1n) is 6.72. The number of rotatable bonds is 7. The Balaban J connectivity index is 2.05. The maximum atomic E-state index is 5.22. The normalized spacial score (nSPS) is 12.6. The molecule has 0 saturated carbocycles. The van der Waals surface area contributed by atoms with Gasteiger partial charge in [0, 0.05) is 19.1 Å². The number of nitrogens with one attached hydrogen (secondary N) is 1. The van der Waals surface area contributed by atoms with Crippen molar-refractivity contribution in [3.05, 3.63) is 52.2 Å². The number of hydrogen-bond acceptors (Lipinski definition) is 4. The van der Waals surface area contributed by atoms with Gasteiger partial charge in [0.15, 0.2) is 0 Å². The lowest BCUT2D eigenvalue weighted by atomic mass is 10.1. The Kier molecular flexibility index (Phi) is 5.59. The molecule has 0 saturated heterocycles. The minimum Gasteiger partial charge on any atom is -0.497 e. The predicted octanol–water partition coefficient (Wildman–Crippen LogP) is 3.15. The lowest BCUT2D eigenvalue weighted by Crippen LogP contribution is -2.30. The third kappa shape index (κ3) is 4.34. The molecule has 1 N–H and O–H groups in total. The summed E-state index contributed by atoms with van der Waals surface area (Å²) >= 11 is 1.74. The molecule has 2 aromatic rings. The molecule has 0 aliphatic heterocycles. The number of thiophene rings is 1. The number of ether oxygens (including phenoxy) is 1. The SMILES string of the molecule is COc1ccc([C@@H](CN(C)C)NCc2ccsc2)cc1. The second kappa shape index (κ2) is 7.43. The summed E-state index contributed by atoms with van der Waals surface area (Å²) in [6, 6.07) is 10.8. The van der Waals surface area contributed by atoms with Crippen molar-refractivity contribution in [1.82, 2.24) is 10.2 Å². The maximum absolute atomic E-state index is 5.22. The van der Waals surface area contributed by atoms with Crippen molar-refractivity contribution in [3.8, 4) is 5.75 Å². The van der Waals surface area contributed by atoms with Gasteiger partial charge in [0.1, 0.15) is 5.75 Å². The molecule has 4 heteroatoms. The van der Waals surface area contributed by atoms with Crippen molar-refractivity contribution in [2.75, 3.05) is 27.7 Å². The minimum absolute atomic E-state index is 0.316. The van der Waals surface area contributed by atoms with Gasteiger partial charge in [-0.25, -0.2) is 0 Å². The van der Waals surface area contributed by atoms with Gasteiger partial charge >= 0.3 is 0 Å². The molecular formula is C16H22N2OS. The maximum Gasteiger partial charge on any atom is 0.118 e. The van der Waals surface area contributed by atoms with Gasteiger partial charge in [-0.1, -0.05) is 12.1 Å². The molecule has 1 aromatic heterocycles. The van der Waals surface area contributed by atoms with Gasteiger partial charge in [0.25, 0.3) is 0 Å². The molecule has 0 aliphatic rings. The second-order valence-corrected chi connectivity index (χ2v) is 5.88. The first-order chi connectivity index (χ1) is 9.69. The van der Waals surface area contributed by atoms with Crippen molar-refractivity contribution in [2.45, 2.75) is 12.6 Å². The van der Waals surface area contributed by atoms with E-state index in [9.17, 15) is 0 Å². The van der Waals surface area contributed by atoms with Crippen LogP contribution in [0.15, 0.2) is 41.1 Å². The fourth-order valence-corrected chi connectivity index (χ4v) is 2.79. The van der Waals surface area contributed by atoms with E-state index in [2.05, 4.69) is 53.3 Å². The van der Waals surface area contributed by atoms with Crippen LogP contribution in [0.3, 0.4) is 0 Å². The van der Waals surface area contributed by atoms with E-state index < -0.39 is 0 Å². The van der Waals surface area contributed by atoms with Gasteiger partial charge in [0.05, 0.1) is 7.11 Å². The first-order valence-corrected chi connectivity index (χ1v) is 7.66. The number of methoxy groups -OCH3 is 1. The zero-order chi connectivity index (χ0) is 14.4. The van der Waals surface area contributed by atoms with Gasteiger partial charge in [-0.2, -0.15) is 11.3 Å². The molecule has 0 spiro atoms. The first kappa shape index (κ1) is 15.0. The van der Waals surface area contributed by atoms with Crippen molar-refractivity contribution >= 4 is 11.3 Å². The second-order valence-electron chi connectivity index (χ2n) is 5.10. The Morgan fingerprint density at radius 2 is 1.95 bits per heavy atom. The van der Waals surface area contributed by atoms with Gasteiger partial charge in [0.2, 0.25) is 0 Å². The summed E-state index contributed by atoms with van der Waals surface area (Å²) in [6.07, 6.45) is 0. The summed E-state index contributed by atoms with van der Waals surface area (Å²) in [4.78, 5) is 2.20. The zero-order valence-corrected chi connectivity index (χ0v) is 13.1. The van der Waals surface area contributed by atoms with Crippen LogP contribution in [-0.4, -0.2) is 32.6 Å². The standard InChI is InChI=1S/C16H22N2OS/c1-18(2)11-16(17-10-13-8-9-20-12-13)14-4-6-15(19-3)7-5-14/h4-9,12,16-17H,10-11H2,1-3H3/t16-/m1/s1. The fraction of sp³-hybridized carbons (Fsp3) is 0.375. The molecule has 0 unspecified atom stereocenters. The molecular weight excluding hydrogens is 268 g/mol. The highest BCUT2D eigenvalue weighted by atomic mass is 32.1. The summed E-state index contributed by atoms with van der Waals surface area (Å²) in [6.45, 7) is 1.87. The van der Waals surface area contributed by atoms with Crippen molar-refractivity contribution in [2.24, 2.45) is 0 Å². The molecule has 1 atom stereocenters. The van der Waals surface area contributed by atoms with Crippen LogP contribution in [-0.2, 0) is 6.54 Å². The van der Waals surface area contributed by atoms with Crippen LogP contribution in [0.4, 0.5) is 0 Å². The molecule has 0 aliphatic carbocycles. The Labute approximate surface area is 125 Å². The summed E-state index contributed by atoms with van der Waals surface area (Å²) in [5.41, 5.74) is 2.63. The zero-order valence-electron chi connectivity index (χ0n) is 12.3. The van der Waals surface area contributed by atoms with E-state index in [1.54, 1.807) is 18.4 Å². The summed E-state index contributed by atoms with van der Waals surface area (Å²) in [5, 5.41) is 7.94. The third-order valence-corrected chi connectivity index (χ3v) is 3.93. The summed E-state index contributed by atoms with van der Waals surface area (Å²) < 4.78 is 5.22. The van der Waals surface area contributed by atoms with Crippen LogP contribution in [0.5, 0.6) is 5.75 Å². The Bertz CT molecular complexity index is 494. The van der Waals surface area contributed by atoms with E-state index in [-0.39, 0.29) is 0 Å². The Morgan fingerprint density at radius 1 is 1.20 bits per heavy atom. The average Bonchev–Trinajstić information content (AvgIpc) is 2.96. The molecule has 1 heterocycles. The lowest BCUT2D eigenvalue weighted by Gasteiger charge is -2.23. The number of nitrogens with zero attached hydrogens (tertiary/aromatic N) is 1. The van der Waals surface area contributed by atoms with Crippen LogP contribution in [0.1, 0.15) is 17.2 Å². The van der Waals surface area contributed by atoms with Crippen molar-refractivity contribution < 1.29 is 4.74 Å². The van der Waals surface area contributed by atoms with E-state index in [0.717, 1.165) is 18.8 Å². The summed E-state index contributed by atoms with van der Waals surface area (Å²) in [5.74, 6) is 0.898. The lowest BCUT2D eigenvalue weighted by molar-refractivity contribution is 0.340. The largest absolute Gasteiger partial charge is 0.497 e. The third-order valence-electron chi connectivity index (χ3n) is 3.20. The van der Waals surface area contributed by atoms with E-state index in [4.69, 9.17) is 4.74 Å². The van der Waals surface area contributed by atoms with Gasteiger partial charge < -0.3 is 15.0 Å². The van der Waals surface area contributed by atoms with Crippen LogP contribution >= 0.6 is 11.3 Å². The minimum atomic E-state index is 0.316. The number of hydrogen-bond donors (Lipinski definition) is 1. The van der Waals surface area contributed by atoms with E-state index in [1.165, 1.54) is 11.1 Å². The monoisotopic (exact) mass is 290 g/mol. The highest BCUT2D eigenvalue weighted by molar-refractivity contribution is 7.07. The molecule has 1 aromatic carbocycles. The van der Waals surface area contributed by atoms with E-state index in [0.29, 0.717) is 6.04 Å². The van der Waals surface area contributed by atoms with E-state index >= 15 is 0 Å². The number of likely N-dealkylation sites (N-methyl/N-ethyl adjacent to an activating group) is 1. The molecule has 20 heavy (non-hydrogen) atoms. The molecule has 0 radical (unpaired) electrons. The van der Waals surface area contributed by atoms with Crippen LogP contribution in [0.2, 0.25) is 0 Å². The van der Waals surface area contributed by atoms with Crippen LogP contribution < -0.4 is 10.1 Å². The number of benzene rings is 1. The molecule has 0 bridgehead atoms. The Hall–Kier alpha value is -1.36. The molecule has 2 rings (SSSR count). The highest BCUT2D eigenvalue weighted by Crippen LogP contribution is 2.19. The highest BCUT2D eigenvalue weighted by Gasteiger charge is 2.12. The molecule has 108 valence electrons. The fourth-order valence-electron chi connectivity index (χ4n) is 2.12. The van der Waals surface area contributed by atoms with Crippen LogP contribution in [0, 0.1) is 0 Å². The topological polar surface area (TPSA) is 24.5 Å². The average molecular weight is 290 g/mol. The van der Waals surface area contributed by atoms with Gasteiger partial charge in [-0.3, -0.25) is 0 Å². The molecule has 3 nitrogen and oxygen atoms in total. The van der Waals surface area contributed by atoms with Crippen molar-refractivity contribution in [3.63, 3.8) is 0 Å². The summed E-state index contributed by atoms with van der Waals surface area (Å²) in [7, 11) is 5.90. The van der Waals surface area contributed by atoms with Gasteiger partial charge in [-0.15, -0.1) is 0 Å². The molecule has 0 amide bonds. The van der Waals surface area contributed by atoms with Crippen molar-refractivity contribution in [1.29, 1.82) is 0 Å². The smallest absolute Gasteiger partial charge is 0.118 e. The van der Waals surface area contributed by atoms with Gasteiger partial charge in [-0.05, 0) is 54.2 Å². The quantitative estimate of drug-likeness (QED) is 0.848. The van der Waals surface area contributed by atoms with Crippen LogP contribution in [0.25, 0.3) is 0 Å². The Morgan fingerprint density at radius 3 is 2.50 bits per heavy atom. The van der Waals surface area contributed by atoms with E-state index in [1.807, 2.05) is 12.1 Å². The predicted molar refractivity (Wildman–Crippen MR) is 85.4 cm³/mol. The molecule has 0 fully saturated rings.